The van der Waals surface area contributed by atoms with Gasteiger partial charge < -0.3 is 10.2 Å². The molecule has 0 unspecified atom stereocenters. The Kier molecular flexibility index (Phi) is 5.09. The first-order valence-electron chi connectivity index (χ1n) is 10.3. The third kappa shape index (κ3) is 3.93. The summed E-state index contributed by atoms with van der Waals surface area (Å²) in [7, 11) is 0. The Balaban J connectivity index is 1.26. The molecule has 7 nitrogen and oxygen atoms in total. The number of anilines is 2. The number of pyridine rings is 1. The van der Waals surface area contributed by atoms with Crippen LogP contribution in [0.25, 0.3) is 11.2 Å². The van der Waals surface area contributed by atoms with E-state index in [-0.39, 0.29) is 29.2 Å². The van der Waals surface area contributed by atoms with Crippen LogP contribution in [0.2, 0.25) is 0 Å². The van der Waals surface area contributed by atoms with Crippen LogP contribution >= 0.6 is 0 Å². The van der Waals surface area contributed by atoms with E-state index >= 15 is 0 Å². The van der Waals surface area contributed by atoms with E-state index in [4.69, 9.17) is 0 Å². The van der Waals surface area contributed by atoms with Crippen molar-refractivity contribution in [2.24, 2.45) is 11.8 Å². The van der Waals surface area contributed by atoms with Crippen LogP contribution in [0.5, 0.6) is 0 Å². The zero-order valence-corrected chi connectivity index (χ0v) is 16.8. The lowest BCUT2D eigenvalue weighted by Crippen LogP contribution is -2.27. The Morgan fingerprint density at radius 2 is 1.84 bits per heavy atom. The molecule has 0 spiro atoms. The largest absolute Gasteiger partial charge is 0.435 e. The number of alkyl halides is 5. The van der Waals surface area contributed by atoms with Gasteiger partial charge in [-0.1, -0.05) is 0 Å². The van der Waals surface area contributed by atoms with Gasteiger partial charge in [0.15, 0.2) is 11.3 Å². The molecule has 1 aliphatic carbocycles. The minimum atomic E-state index is -4.49. The van der Waals surface area contributed by atoms with Gasteiger partial charge in [-0.25, -0.2) is 28.4 Å². The minimum absolute atomic E-state index is 0.0846. The van der Waals surface area contributed by atoms with Gasteiger partial charge in [-0.15, -0.1) is 0 Å². The molecule has 3 aromatic heterocycles. The van der Waals surface area contributed by atoms with Crippen molar-refractivity contribution in [3.63, 3.8) is 0 Å². The third-order valence-corrected chi connectivity index (χ3v) is 6.15. The highest BCUT2D eigenvalue weighted by molar-refractivity contribution is 5.71. The van der Waals surface area contributed by atoms with Crippen LogP contribution in [0.1, 0.15) is 18.5 Å². The molecule has 0 radical (unpaired) electrons. The fourth-order valence-electron chi connectivity index (χ4n) is 4.88. The molecule has 4 heterocycles. The summed E-state index contributed by atoms with van der Waals surface area (Å²) in [5.74, 6) is 0.964. The van der Waals surface area contributed by atoms with Gasteiger partial charge in [-0.2, -0.15) is 18.3 Å². The molecule has 32 heavy (non-hydrogen) atoms. The van der Waals surface area contributed by atoms with Crippen molar-refractivity contribution in [2.75, 3.05) is 23.3 Å². The second-order valence-corrected chi connectivity index (χ2v) is 8.29. The molecule has 0 aromatic carbocycles. The van der Waals surface area contributed by atoms with E-state index in [0.717, 1.165) is 23.7 Å². The number of rotatable bonds is 5. The van der Waals surface area contributed by atoms with Gasteiger partial charge in [0.25, 0.3) is 6.43 Å². The molecule has 0 bridgehead atoms. The first-order chi connectivity index (χ1) is 15.3. The fourth-order valence-corrected chi connectivity index (χ4v) is 4.88. The molecule has 0 amide bonds. The Bertz CT molecular complexity index is 1100. The summed E-state index contributed by atoms with van der Waals surface area (Å²) < 4.78 is 66.6. The SMILES string of the molecule is FC(F)Cn1ncc2ncc(N[C@H]3C[C@@H]4CN(c5cccnc5C(F)(F)F)C[C@@H]4C3)nc21. The molecule has 2 fully saturated rings. The third-order valence-electron chi connectivity index (χ3n) is 6.15. The monoisotopic (exact) mass is 453 g/mol. The molecule has 2 aliphatic rings. The zero-order chi connectivity index (χ0) is 22.5. The maximum absolute atomic E-state index is 13.3. The molecular weight excluding hydrogens is 433 g/mol. The summed E-state index contributed by atoms with van der Waals surface area (Å²) in [4.78, 5) is 14.0. The Morgan fingerprint density at radius 3 is 2.53 bits per heavy atom. The molecule has 3 aromatic rings. The van der Waals surface area contributed by atoms with Crippen molar-refractivity contribution in [3.05, 3.63) is 36.4 Å². The average Bonchev–Trinajstić information content (AvgIpc) is 3.41. The maximum Gasteiger partial charge on any atom is 0.435 e. The summed E-state index contributed by atoms with van der Waals surface area (Å²) in [5, 5.41) is 7.22. The van der Waals surface area contributed by atoms with Gasteiger partial charge in [-0.3, -0.25) is 0 Å². The lowest BCUT2D eigenvalue weighted by atomic mass is 10.0. The standard InChI is InChI=1S/C20H20F5N7/c21-16(22)10-32-19-14(6-28-32)27-7-17(30-19)29-13-4-11-8-31(9-12(11)5-13)15-2-1-3-26-18(15)20(23,24)25/h1-3,6-7,11-13,16H,4-5,8-10H2,(H,29,30)/t11-,12+,13+. The molecule has 170 valence electrons. The predicted octanol–water partition coefficient (Wildman–Crippen LogP) is 3.83. The van der Waals surface area contributed by atoms with Crippen molar-refractivity contribution in [2.45, 2.75) is 38.0 Å². The molecule has 5 rings (SSSR count). The maximum atomic E-state index is 13.3. The smallest absolute Gasteiger partial charge is 0.369 e. The summed E-state index contributed by atoms with van der Waals surface area (Å²) >= 11 is 0. The highest BCUT2D eigenvalue weighted by Crippen LogP contribution is 2.43. The fraction of sp³-hybridized carbons (Fsp3) is 0.500. The molecular formula is C20H20F5N7. The Labute approximate surface area is 179 Å². The summed E-state index contributed by atoms with van der Waals surface area (Å²) in [6.07, 6.45) is -1.39. The average molecular weight is 453 g/mol. The van der Waals surface area contributed by atoms with Crippen molar-refractivity contribution < 1.29 is 22.0 Å². The van der Waals surface area contributed by atoms with Gasteiger partial charge in [0.2, 0.25) is 0 Å². The minimum Gasteiger partial charge on any atom is -0.369 e. The second kappa shape index (κ2) is 7.82. The molecule has 1 N–H and O–H groups in total. The highest BCUT2D eigenvalue weighted by atomic mass is 19.4. The normalized spacial score (nSPS) is 23.3. The van der Waals surface area contributed by atoms with Gasteiger partial charge in [0.1, 0.15) is 17.9 Å². The molecule has 1 saturated heterocycles. The van der Waals surface area contributed by atoms with E-state index in [2.05, 4.69) is 25.4 Å². The molecule has 12 heteroatoms. The van der Waals surface area contributed by atoms with E-state index in [1.54, 1.807) is 11.1 Å². The van der Waals surface area contributed by atoms with Crippen LogP contribution in [0.4, 0.5) is 33.5 Å². The van der Waals surface area contributed by atoms with Gasteiger partial charge in [-0.05, 0) is 36.8 Å². The van der Waals surface area contributed by atoms with E-state index < -0.39 is 24.8 Å². The van der Waals surface area contributed by atoms with Crippen LogP contribution in [-0.4, -0.2) is 50.3 Å². The summed E-state index contributed by atoms with van der Waals surface area (Å²) in [6.45, 7) is 0.506. The highest BCUT2D eigenvalue weighted by Gasteiger charge is 2.44. The number of hydrogen-bond donors (Lipinski definition) is 1. The van der Waals surface area contributed by atoms with E-state index in [1.807, 2.05) is 0 Å². The predicted molar refractivity (Wildman–Crippen MR) is 106 cm³/mol. The molecule has 1 aliphatic heterocycles. The lowest BCUT2D eigenvalue weighted by molar-refractivity contribution is -0.140. The first kappa shape index (κ1) is 20.8. The number of halogens is 5. The van der Waals surface area contributed by atoms with Gasteiger partial charge >= 0.3 is 6.18 Å². The molecule has 3 atom stereocenters. The van der Waals surface area contributed by atoms with Gasteiger partial charge in [0.05, 0.1) is 18.1 Å². The van der Waals surface area contributed by atoms with Gasteiger partial charge in [0, 0.05) is 25.3 Å². The Hall–Kier alpha value is -3.05. The van der Waals surface area contributed by atoms with Crippen LogP contribution in [0.15, 0.2) is 30.7 Å². The van der Waals surface area contributed by atoms with Crippen LogP contribution in [0.3, 0.4) is 0 Å². The number of fused-ring (bicyclic) bond motifs is 2. The Morgan fingerprint density at radius 1 is 1.09 bits per heavy atom. The second-order valence-electron chi connectivity index (χ2n) is 8.29. The number of nitrogens with zero attached hydrogens (tertiary/aromatic N) is 6. The summed E-state index contributed by atoms with van der Waals surface area (Å²) in [6, 6.07) is 3.08. The van der Waals surface area contributed by atoms with E-state index in [0.29, 0.717) is 24.4 Å². The zero-order valence-electron chi connectivity index (χ0n) is 16.8. The lowest BCUT2D eigenvalue weighted by Gasteiger charge is -2.24. The van der Waals surface area contributed by atoms with Crippen molar-refractivity contribution in [3.8, 4) is 0 Å². The van der Waals surface area contributed by atoms with E-state index in [9.17, 15) is 22.0 Å². The number of nitrogens with one attached hydrogen (secondary N) is 1. The van der Waals surface area contributed by atoms with Crippen molar-refractivity contribution >= 4 is 22.7 Å². The number of aromatic nitrogens is 5. The summed E-state index contributed by atoms with van der Waals surface area (Å²) in [5.41, 5.74) is 0.00384. The quantitative estimate of drug-likeness (QED) is 0.592. The topological polar surface area (TPSA) is 71.8 Å². The van der Waals surface area contributed by atoms with E-state index in [1.165, 1.54) is 18.3 Å². The number of hydrogen-bond acceptors (Lipinski definition) is 6. The van der Waals surface area contributed by atoms with Crippen molar-refractivity contribution in [1.82, 2.24) is 24.7 Å². The van der Waals surface area contributed by atoms with Crippen LogP contribution < -0.4 is 10.2 Å². The van der Waals surface area contributed by atoms with Crippen molar-refractivity contribution in [1.29, 1.82) is 0 Å². The molecule has 1 saturated carbocycles. The first-order valence-corrected chi connectivity index (χ1v) is 10.3. The van der Waals surface area contributed by atoms with Crippen LogP contribution in [-0.2, 0) is 12.7 Å². The van der Waals surface area contributed by atoms with Crippen LogP contribution in [0, 0.1) is 11.8 Å².